The summed E-state index contributed by atoms with van der Waals surface area (Å²) in [6, 6.07) is 8.17. The molecule has 4 N–H and O–H groups in total. The molecule has 1 aromatic rings. The first-order chi connectivity index (χ1) is 10.3. The summed E-state index contributed by atoms with van der Waals surface area (Å²) in [5.41, 5.74) is 7.03. The number of carbonyl (C=O) groups excluding carboxylic acids is 1. The highest BCUT2D eigenvalue weighted by Crippen LogP contribution is 2.11. The molecule has 0 bridgehead atoms. The number of nitrogens with one attached hydrogen (secondary N) is 1. The molecule has 0 aliphatic rings. The third kappa shape index (κ3) is 7.72. The Bertz CT molecular complexity index is 499. The van der Waals surface area contributed by atoms with Gasteiger partial charge in [-0.3, -0.25) is 4.79 Å². The van der Waals surface area contributed by atoms with Gasteiger partial charge in [-0.25, -0.2) is 4.79 Å². The number of halogens is 1. The second-order valence-corrected chi connectivity index (χ2v) is 6.38. The van der Waals surface area contributed by atoms with Crippen LogP contribution in [0.4, 0.5) is 0 Å². The molecule has 0 radical (unpaired) electrons. The van der Waals surface area contributed by atoms with Crippen molar-refractivity contribution in [2.24, 2.45) is 11.7 Å². The predicted octanol–water partition coefficient (Wildman–Crippen LogP) is 1.89. The molecule has 0 unspecified atom stereocenters. The summed E-state index contributed by atoms with van der Waals surface area (Å²) in [5, 5.41) is 10.9. The van der Waals surface area contributed by atoms with E-state index in [0.29, 0.717) is 12.8 Å². The minimum Gasteiger partial charge on any atom is -0.480 e. The Hall–Kier alpha value is -1.24. The fraction of sp³-hybridized carbons (Fsp3) is 0.500. The lowest BCUT2D eigenvalue weighted by Gasteiger charge is -2.22. The van der Waals surface area contributed by atoms with Crippen molar-refractivity contribution in [2.75, 3.05) is 0 Å². The highest BCUT2D eigenvalue weighted by molar-refractivity contribution is 7.81. The number of hydrogen-bond acceptors (Lipinski definition) is 4. The fourth-order valence-corrected chi connectivity index (χ4v) is 2.32. The molecule has 0 aliphatic carbocycles. The topological polar surface area (TPSA) is 92.4 Å². The van der Waals surface area contributed by atoms with E-state index in [9.17, 15) is 9.59 Å². The van der Waals surface area contributed by atoms with Gasteiger partial charge in [0.25, 0.3) is 0 Å². The van der Waals surface area contributed by atoms with Crippen LogP contribution in [0.25, 0.3) is 0 Å². The predicted molar refractivity (Wildman–Crippen MR) is 97.2 cm³/mol. The molecule has 0 aromatic heterocycles. The number of amides is 1. The third-order valence-electron chi connectivity index (χ3n) is 3.31. The summed E-state index contributed by atoms with van der Waals surface area (Å²) in [5.74, 6) is -1.32. The second kappa shape index (κ2) is 10.5. The van der Waals surface area contributed by atoms with E-state index in [1.165, 1.54) is 0 Å². The number of benzene rings is 1. The van der Waals surface area contributed by atoms with Crippen LogP contribution in [0.2, 0.25) is 0 Å². The molecule has 5 nitrogen and oxygen atoms in total. The lowest BCUT2D eigenvalue weighted by atomic mass is 10.0. The van der Waals surface area contributed by atoms with E-state index < -0.39 is 29.2 Å². The Kier molecular flexibility index (Phi) is 9.95. The number of hydrogen-bond donors (Lipinski definition) is 4. The van der Waals surface area contributed by atoms with Gasteiger partial charge >= 0.3 is 5.97 Å². The lowest BCUT2D eigenvalue weighted by Crippen LogP contribution is -2.50. The number of carbonyl (C=O) groups is 2. The first kappa shape index (κ1) is 21.8. The van der Waals surface area contributed by atoms with Crippen molar-refractivity contribution in [3.8, 4) is 0 Å². The van der Waals surface area contributed by atoms with Crippen LogP contribution in [0, 0.1) is 5.92 Å². The average molecular weight is 361 g/mol. The molecule has 1 amide bonds. The molecule has 130 valence electrons. The Morgan fingerprint density at radius 1 is 1.26 bits per heavy atom. The van der Waals surface area contributed by atoms with Gasteiger partial charge in [0.05, 0.1) is 5.25 Å². The SMILES string of the molecule is CC(C)C[C@H](NC(=O)[C@@H](S)[C@H](N)Cc1ccccc1)C(=O)O.Cl. The number of nitrogens with two attached hydrogens (primary N) is 1. The Morgan fingerprint density at radius 2 is 1.83 bits per heavy atom. The zero-order valence-electron chi connectivity index (χ0n) is 13.3. The van der Waals surface area contributed by atoms with Crippen molar-refractivity contribution >= 4 is 36.9 Å². The zero-order chi connectivity index (χ0) is 16.7. The van der Waals surface area contributed by atoms with E-state index in [1.54, 1.807) is 0 Å². The summed E-state index contributed by atoms with van der Waals surface area (Å²) in [6.07, 6.45) is 0.875. The molecule has 7 heteroatoms. The van der Waals surface area contributed by atoms with Gasteiger partial charge in [-0.15, -0.1) is 12.4 Å². The summed E-state index contributed by atoms with van der Waals surface area (Å²) >= 11 is 4.25. The molecule has 1 rings (SSSR count). The van der Waals surface area contributed by atoms with Crippen molar-refractivity contribution in [2.45, 2.75) is 44.0 Å². The Morgan fingerprint density at radius 3 is 2.30 bits per heavy atom. The molecule has 0 heterocycles. The van der Waals surface area contributed by atoms with E-state index in [1.807, 2.05) is 44.2 Å². The standard InChI is InChI=1S/C16H24N2O3S.ClH/c1-10(2)8-13(16(20)21)18-15(19)14(22)12(17)9-11-6-4-3-5-7-11;/h3-7,10,12-14,22H,8-9,17H2,1-2H3,(H,18,19)(H,20,21);1H/t12-,13+,14+;/m1./s1. The van der Waals surface area contributed by atoms with Gasteiger partial charge in [-0.05, 0) is 24.3 Å². The van der Waals surface area contributed by atoms with Crippen molar-refractivity contribution in [1.82, 2.24) is 5.32 Å². The van der Waals surface area contributed by atoms with Crippen LogP contribution in [0.15, 0.2) is 30.3 Å². The molecule has 0 saturated heterocycles. The average Bonchev–Trinajstić information content (AvgIpc) is 2.46. The molecule has 1 aromatic carbocycles. The molecule has 23 heavy (non-hydrogen) atoms. The maximum absolute atomic E-state index is 12.1. The third-order valence-corrected chi connectivity index (χ3v) is 3.93. The van der Waals surface area contributed by atoms with Gasteiger partial charge in [0.1, 0.15) is 6.04 Å². The van der Waals surface area contributed by atoms with Crippen molar-refractivity contribution in [1.29, 1.82) is 0 Å². The summed E-state index contributed by atoms with van der Waals surface area (Å²) in [7, 11) is 0. The molecule has 0 spiro atoms. The fourth-order valence-electron chi connectivity index (χ4n) is 2.14. The van der Waals surface area contributed by atoms with Crippen molar-refractivity contribution in [3.63, 3.8) is 0 Å². The largest absolute Gasteiger partial charge is 0.480 e. The molecule has 0 fully saturated rings. The van der Waals surface area contributed by atoms with E-state index >= 15 is 0 Å². The van der Waals surface area contributed by atoms with Crippen molar-refractivity contribution in [3.05, 3.63) is 35.9 Å². The lowest BCUT2D eigenvalue weighted by molar-refractivity contribution is -0.142. The van der Waals surface area contributed by atoms with Gasteiger partial charge < -0.3 is 16.2 Å². The highest BCUT2D eigenvalue weighted by Gasteiger charge is 2.27. The van der Waals surface area contributed by atoms with E-state index in [2.05, 4.69) is 17.9 Å². The van der Waals surface area contributed by atoms with Crippen LogP contribution < -0.4 is 11.1 Å². The summed E-state index contributed by atoms with van der Waals surface area (Å²) in [4.78, 5) is 23.3. The monoisotopic (exact) mass is 360 g/mol. The zero-order valence-corrected chi connectivity index (χ0v) is 15.0. The molecule has 0 saturated carbocycles. The van der Waals surface area contributed by atoms with Crippen LogP contribution in [0.5, 0.6) is 0 Å². The maximum atomic E-state index is 12.1. The van der Waals surface area contributed by atoms with E-state index in [0.717, 1.165) is 5.56 Å². The molecule has 3 atom stereocenters. The minimum absolute atomic E-state index is 0. The van der Waals surface area contributed by atoms with Gasteiger partial charge in [0, 0.05) is 6.04 Å². The van der Waals surface area contributed by atoms with Crippen LogP contribution in [0.1, 0.15) is 25.8 Å². The van der Waals surface area contributed by atoms with E-state index in [4.69, 9.17) is 10.8 Å². The van der Waals surface area contributed by atoms with Crippen LogP contribution in [-0.2, 0) is 16.0 Å². The van der Waals surface area contributed by atoms with Gasteiger partial charge in [0.2, 0.25) is 5.91 Å². The summed E-state index contributed by atoms with van der Waals surface area (Å²) < 4.78 is 0. The van der Waals surface area contributed by atoms with Crippen LogP contribution >= 0.6 is 25.0 Å². The number of carboxylic acids is 1. The van der Waals surface area contributed by atoms with Crippen molar-refractivity contribution < 1.29 is 14.7 Å². The highest BCUT2D eigenvalue weighted by atomic mass is 35.5. The van der Waals surface area contributed by atoms with Gasteiger partial charge in [0.15, 0.2) is 0 Å². The minimum atomic E-state index is -1.04. The summed E-state index contributed by atoms with van der Waals surface area (Å²) in [6.45, 7) is 3.81. The van der Waals surface area contributed by atoms with Crippen LogP contribution in [0.3, 0.4) is 0 Å². The van der Waals surface area contributed by atoms with Gasteiger partial charge in [-0.2, -0.15) is 12.6 Å². The van der Waals surface area contributed by atoms with E-state index in [-0.39, 0.29) is 18.3 Å². The first-order valence-corrected chi connectivity index (χ1v) is 7.83. The molecular weight excluding hydrogens is 336 g/mol. The number of carboxylic acid groups (broad SMARTS) is 1. The first-order valence-electron chi connectivity index (χ1n) is 7.32. The van der Waals surface area contributed by atoms with Gasteiger partial charge in [-0.1, -0.05) is 44.2 Å². The number of thiol groups is 1. The Labute approximate surface area is 148 Å². The maximum Gasteiger partial charge on any atom is 0.326 e. The second-order valence-electron chi connectivity index (χ2n) is 5.83. The number of rotatable bonds is 8. The normalized spacial score (nSPS) is 14.5. The number of aliphatic carboxylic acids is 1. The smallest absolute Gasteiger partial charge is 0.326 e. The molecule has 0 aliphatic heterocycles. The van der Waals surface area contributed by atoms with Crippen LogP contribution in [-0.4, -0.2) is 34.3 Å². The Balaban J connectivity index is 0.00000484. The quantitative estimate of drug-likeness (QED) is 0.533. The molecular formula is C16H25ClN2O3S.